The number of para-hydroxylation sites is 1. The van der Waals surface area contributed by atoms with Crippen molar-refractivity contribution in [1.82, 2.24) is 18.8 Å². The standard InChI is InChI=1S/C20H24N4O6S/c25-17-6-3-7-18(26)23(17)12-13-31(29,30)22-10-8-14(9-11-22)24-19(27)15-4-1-2-5-16(15)21-20(24)28/h1-2,4-5,14H,3,6-13H2,(H,21,28). The first-order valence-corrected chi connectivity index (χ1v) is 11.9. The van der Waals surface area contributed by atoms with Crippen LogP contribution in [-0.4, -0.2) is 64.4 Å². The van der Waals surface area contributed by atoms with Crippen LogP contribution in [0, 0.1) is 0 Å². The lowest BCUT2D eigenvalue weighted by Crippen LogP contribution is -2.47. The highest BCUT2D eigenvalue weighted by Gasteiger charge is 2.32. The fourth-order valence-electron chi connectivity index (χ4n) is 4.27. The summed E-state index contributed by atoms with van der Waals surface area (Å²) in [5, 5.41) is 0.410. The average Bonchev–Trinajstić information content (AvgIpc) is 2.74. The molecule has 0 unspecified atom stereocenters. The number of imide groups is 1. The van der Waals surface area contributed by atoms with Crippen molar-refractivity contribution in [2.24, 2.45) is 0 Å². The monoisotopic (exact) mass is 448 g/mol. The molecular weight excluding hydrogens is 424 g/mol. The molecule has 0 spiro atoms. The average molecular weight is 449 g/mol. The van der Waals surface area contributed by atoms with Gasteiger partial charge in [0.2, 0.25) is 21.8 Å². The SMILES string of the molecule is O=C1CCCC(=O)N1CCS(=O)(=O)N1CCC(n2c(=O)[nH]c3ccccc3c2=O)CC1. The zero-order valence-electron chi connectivity index (χ0n) is 17.0. The van der Waals surface area contributed by atoms with Crippen molar-refractivity contribution in [3.63, 3.8) is 0 Å². The van der Waals surface area contributed by atoms with E-state index in [4.69, 9.17) is 0 Å². The number of likely N-dealkylation sites (tertiary alicyclic amines) is 1. The Morgan fingerprint density at radius 2 is 1.61 bits per heavy atom. The van der Waals surface area contributed by atoms with E-state index in [0.29, 0.717) is 30.2 Å². The summed E-state index contributed by atoms with van der Waals surface area (Å²) < 4.78 is 28.0. The summed E-state index contributed by atoms with van der Waals surface area (Å²) in [6, 6.07) is 6.36. The zero-order chi connectivity index (χ0) is 22.2. The first kappa shape index (κ1) is 21.4. The smallest absolute Gasteiger partial charge is 0.307 e. The number of H-pyrrole nitrogens is 1. The number of amides is 2. The molecule has 11 heteroatoms. The minimum absolute atomic E-state index is 0.149. The fourth-order valence-corrected chi connectivity index (χ4v) is 5.71. The van der Waals surface area contributed by atoms with E-state index in [1.807, 2.05) is 0 Å². The van der Waals surface area contributed by atoms with Crippen LogP contribution >= 0.6 is 0 Å². The molecule has 2 fully saturated rings. The molecular formula is C20H24N4O6S. The van der Waals surface area contributed by atoms with Gasteiger partial charge in [-0.15, -0.1) is 0 Å². The summed E-state index contributed by atoms with van der Waals surface area (Å²) in [4.78, 5) is 52.8. The van der Waals surface area contributed by atoms with Crippen LogP contribution in [0.1, 0.15) is 38.1 Å². The second-order valence-electron chi connectivity index (χ2n) is 7.89. The number of carbonyl (C=O) groups excluding carboxylic acids is 2. The summed E-state index contributed by atoms with van der Waals surface area (Å²) in [6.45, 7) is 0.172. The van der Waals surface area contributed by atoms with Crippen molar-refractivity contribution >= 4 is 32.7 Å². The van der Waals surface area contributed by atoms with Crippen molar-refractivity contribution in [1.29, 1.82) is 0 Å². The fraction of sp³-hybridized carbons (Fsp3) is 0.500. The van der Waals surface area contributed by atoms with Gasteiger partial charge in [0.1, 0.15) is 0 Å². The Hall–Kier alpha value is -2.79. The normalized spacial score (nSPS) is 19.3. The number of nitrogens with zero attached hydrogens (tertiary/aromatic N) is 3. The summed E-state index contributed by atoms with van der Waals surface area (Å²) in [7, 11) is -3.68. The van der Waals surface area contributed by atoms with Crippen LogP contribution in [0.5, 0.6) is 0 Å². The number of benzene rings is 1. The van der Waals surface area contributed by atoms with Crippen molar-refractivity contribution in [3.05, 3.63) is 45.1 Å². The van der Waals surface area contributed by atoms with E-state index in [1.165, 1.54) is 8.87 Å². The van der Waals surface area contributed by atoms with E-state index < -0.39 is 21.8 Å². The van der Waals surface area contributed by atoms with Crippen molar-refractivity contribution in [2.45, 2.75) is 38.1 Å². The minimum Gasteiger partial charge on any atom is -0.307 e. The first-order chi connectivity index (χ1) is 14.8. The molecule has 0 bridgehead atoms. The predicted molar refractivity (Wildman–Crippen MR) is 113 cm³/mol. The van der Waals surface area contributed by atoms with Crippen molar-refractivity contribution < 1.29 is 18.0 Å². The number of piperidine rings is 2. The number of nitrogens with one attached hydrogen (secondary N) is 1. The summed E-state index contributed by atoms with van der Waals surface area (Å²) in [5.41, 5.74) is -0.425. The number of fused-ring (bicyclic) bond motifs is 1. The number of hydrogen-bond donors (Lipinski definition) is 1. The highest BCUT2D eigenvalue weighted by Crippen LogP contribution is 2.23. The Kier molecular flexibility index (Phi) is 5.80. The Morgan fingerprint density at radius 1 is 0.968 bits per heavy atom. The van der Waals surface area contributed by atoms with E-state index in [-0.39, 0.29) is 55.6 Å². The predicted octanol–water partition coefficient (Wildman–Crippen LogP) is 0.196. The number of carbonyl (C=O) groups is 2. The van der Waals surface area contributed by atoms with Gasteiger partial charge < -0.3 is 4.98 Å². The molecule has 1 aromatic carbocycles. The van der Waals surface area contributed by atoms with Crippen LogP contribution in [-0.2, 0) is 19.6 Å². The maximum absolute atomic E-state index is 12.8. The minimum atomic E-state index is -3.68. The molecule has 1 aromatic heterocycles. The maximum atomic E-state index is 12.8. The highest BCUT2D eigenvalue weighted by molar-refractivity contribution is 7.89. The number of hydrogen-bond acceptors (Lipinski definition) is 6. The molecule has 2 aliphatic rings. The second-order valence-corrected chi connectivity index (χ2v) is 9.98. The van der Waals surface area contributed by atoms with Gasteiger partial charge in [-0.25, -0.2) is 17.5 Å². The van der Waals surface area contributed by atoms with Crippen molar-refractivity contribution in [2.75, 3.05) is 25.4 Å². The number of rotatable bonds is 5. The molecule has 2 saturated heterocycles. The number of sulfonamides is 1. The quantitative estimate of drug-likeness (QED) is 0.650. The van der Waals surface area contributed by atoms with Gasteiger partial charge in [0.05, 0.1) is 16.7 Å². The van der Waals surface area contributed by atoms with Crippen LogP contribution in [0.15, 0.2) is 33.9 Å². The largest absolute Gasteiger partial charge is 0.329 e. The lowest BCUT2D eigenvalue weighted by molar-refractivity contribution is -0.147. The molecule has 166 valence electrons. The highest BCUT2D eigenvalue weighted by atomic mass is 32.2. The third-order valence-corrected chi connectivity index (χ3v) is 7.83. The summed E-state index contributed by atoms with van der Waals surface area (Å²) in [6.07, 6.45) is 1.66. The van der Waals surface area contributed by atoms with Gasteiger partial charge in [-0.2, -0.15) is 0 Å². The number of aromatic amines is 1. The zero-order valence-corrected chi connectivity index (χ0v) is 17.8. The Bertz CT molecular complexity index is 1220. The van der Waals surface area contributed by atoms with Gasteiger partial charge in [0.15, 0.2) is 0 Å². The second kappa shape index (κ2) is 8.39. The molecule has 0 aliphatic carbocycles. The molecule has 2 aliphatic heterocycles. The van der Waals surface area contributed by atoms with Crippen LogP contribution in [0.3, 0.4) is 0 Å². The lowest BCUT2D eigenvalue weighted by Gasteiger charge is -2.32. The van der Waals surface area contributed by atoms with E-state index in [0.717, 1.165) is 4.90 Å². The van der Waals surface area contributed by atoms with Crippen LogP contribution < -0.4 is 11.2 Å². The van der Waals surface area contributed by atoms with Crippen LogP contribution in [0.25, 0.3) is 10.9 Å². The molecule has 2 aromatic rings. The topological polar surface area (TPSA) is 130 Å². The van der Waals surface area contributed by atoms with Crippen LogP contribution in [0.2, 0.25) is 0 Å². The Labute approximate surface area is 178 Å². The van der Waals surface area contributed by atoms with Gasteiger partial charge in [-0.3, -0.25) is 23.9 Å². The maximum Gasteiger partial charge on any atom is 0.329 e. The molecule has 10 nitrogen and oxygen atoms in total. The van der Waals surface area contributed by atoms with Gasteiger partial charge in [0, 0.05) is 38.5 Å². The molecule has 0 saturated carbocycles. The van der Waals surface area contributed by atoms with E-state index >= 15 is 0 Å². The van der Waals surface area contributed by atoms with E-state index in [2.05, 4.69) is 4.98 Å². The molecule has 3 heterocycles. The van der Waals surface area contributed by atoms with Crippen molar-refractivity contribution in [3.8, 4) is 0 Å². The Balaban J connectivity index is 1.44. The van der Waals surface area contributed by atoms with Crippen LogP contribution in [0.4, 0.5) is 0 Å². The molecule has 0 atom stereocenters. The number of aromatic nitrogens is 2. The van der Waals surface area contributed by atoms with Gasteiger partial charge >= 0.3 is 5.69 Å². The third-order valence-electron chi connectivity index (χ3n) is 5.97. The van der Waals surface area contributed by atoms with Gasteiger partial charge in [-0.1, -0.05) is 12.1 Å². The molecule has 4 rings (SSSR count). The van der Waals surface area contributed by atoms with E-state index in [9.17, 15) is 27.6 Å². The van der Waals surface area contributed by atoms with E-state index in [1.54, 1.807) is 24.3 Å². The molecule has 0 radical (unpaired) electrons. The molecule has 31 heavy (non-hydrogen) atoms. The summed E-state index contributed by atoms with van der Waals surface area (Å²) in [5.74, 6) is -0.994. The summed E-state index contributed by atoms with van der Waals surface area (Å²) >= 11 is 0. The van der Waals surface area contributed by atoms with Gasteiger partial charge in [-0.05, 0) is 31.4 Å². The molecule has 2 amide bonds. The Morgan fingerprint density at radius 3 is 2.29 bits per heavy atom. The first-order valence-electron chi connectivity index (χ1n) is 10.3. The lowest BCUT2D eigenvalue weighted by atomic mass is 10.1. The third kappa shape index (κ3) is 4.19. The molecule has 1 N–H and O–H groups in total. The van der Waals surface area contributed by atoms with Gasteiger partial charge in [0.25, 0.3) is 5.56 Å².